The minimum atomic E-state index is -0.776. The fourth-order valence-corrected chi connectivity index (χ4v) is 1.68. The summed E-state index contributed by atoms with van der Waals surface area (Å²) in [5.41, 5.74) is 1.44. The van der Waals surface area contributed by atoms with E-state index in [4.69, 9.17) is 10.00 Å². The SMILES string of the molecule is Cc1ccc(C(=O)OC2=CCC(C#N)C(F)=C2)cc1. The zero-order valence-electron chi connectivity index (χ0n) is 10.4. The van der Waals surface area contributed by atoms with E-state index >= 15 is 0 Å². The van der Waals surface area contributed by atoms with Crippen LogP contribution in [0.4, 0.5) is 4.39 Å². The molecule has 0 saturated heterocycles. The first-order valence-electron chi connectivity index (χ1n) is 5.86. The summed E-state index contributed by atoms with van der Waals surface area (Å²) in [5.74, 6) is -1.74. The lowest BCUT2D eigenvalue weighted by Crippen LogP contribution is -2.08. The van der Waals surface area contributed by atoms with E-state index in [0.29, 0.717) is 5.56 Å². The van der Waals surface area contributed by atoms with Gasteiger partial charge in [-0.1, -0.05) is 17.7 Å². The zero-order chi connectivity index (χ0) is 13.8. The molecule has 0 spiro atoms. The molecule has 1 atom stereocenters. The second-order valence-electron chi connectivity index (χ2n) is 4.31. The second kappa shape index (κ2) is 5.49. The van der Waals surface area contributed by atoms with E-state index < -0.39 is 17.7 Å². The van der Waals surface area contributed by atoms with Crippen LogP contribution in [-0.2, 0) is 4.74 Å². The van der Waals surface area contributed by atoms with Gasteiger partial charge in [0.2, 0.25) is 0 Å². The molecule has 0 aliphatic heterocycles. The van der Waals surface area contributed by atoms with Crippen molar-refractivity contribution in [3.05, 3.63) is 59.1 Å². The Hall–Kier alpha value is -2.41. The monoisotopic (exact) mass is 257 g/mol. The highest BCUT2D eigenvalue weighted by Gasteiger charge is 2.19. The molecule has 1 aromatic rings. The topological polar surface area (TPSA) is 50.1 Å². The minimum absolute atomic E-state index is 0.148. The molecule has 1 unspecified atom stereocenters. The zero-order valence-corrected chi connectivity index (χ0v) is 10.4. The van der Waals surface area contributed by atoms with Crippen LogP contribution in [0.25, 0.3) is 0 Å². The number of benzene rings is 1. The Bertz CT molecular complexity index is 594. The number of rotatable bonds is 2. The Morgan fingerprint density at radius 2 is 2.11 bits per heavy atom. The Labute approximate surface area is 110 Å². The molecule has 0 heterocycles. The lowest BCUT2D eigenvalue weighted by Gasteiger charge is -2.12. The number of nitrogens with zero attached hydrogens (tertiary/aromatic N) is 1. The summed E-state index contributed by atoms with van der Waals surface area (Å²) >= 11 is 0. The van der Waals surface area contributed by atoms with Crippen LogP contribution in [-0.4, -0.2) is 5.97 Å². The van der Waals surface area contributed by atoms with Crippen molar-refractivity contribution in [2.24, 2.45) is 5.92 Å². The van der Waals surface area contributed by atoms with Gasteiger partial charge in [-0.15, -0.1) is 0 Å². The number of ether oxygens (including phenoxy) is 1. The molecule has 19 heavy (non-hydrogen) atoms. The molecule has 1 aliphatic carbocycles. The van der Waals surface area contributed by atoms with Crippen molar-refractivity contribution in [2.45, 2.75) is 13.3 Å². The second-order valence-corrected chi connectivity index (χ2v) is 4.31. The van der Waals surface area contributed by atoms with Crippen molar-refractivity contribution in [1.82, 2.24) is 0 Å². The highest BCUT2D eigenvalue weighted by Crippen LogP contribution is 2.25. The Morgan fingerprint density at radius 3 is 2.68 bits per heavy atom. The van der Waals surface area contributed by atoms with Crippen molar-refractivity contribution in [2.75, 3.05) is 0 Å². The Morgan fingerprint density at radius 1 is 1.42 bits per heavy atom. The van der Waals surface area contributed by atoms with Crippen LogP contribution >= 0.6 is 0 Å². The van der Waals surface area contributed by atoms with Crippen molar-refractivity contribution >= 4 is 5.97 Å². The number of allylic oxidation sites excluding steroid dienone is 3. The van der Waals surface area contributed by atoms with E-state index in [1.165, 1.54) is 0 Å². The van der Waals surface area contributed by atoms with Gasteiger partial charge in [0.1, 0.15) is 17.5 Å². The van der Waals surface area contributed by atoms with Crippen molar-refractivity contribution < 1.29 is 13.9 Å². The normalized spacial score (nSPS) is 18.1. The highest BCUT2D eigenvalue weighted by molar-refractivity contribution is 5.90. The molecule has 0 N–H and O–H groups in total. The van der Waals surface area contributed by atoms with Crippen molar-refractivity contribution in [3.8, 4) is 6.07 Å². The van der Waals surface area contributed by atoms with Crippen molar-refractivity contribution in [1.29, 1.82) is 5.26 Å². The van der Waals surface area contributed by atoms with Crippen LogP contribution in [0.1, 0.15) is 22.3 Å². The van der Waals surface area contributed by atoms with E-state index in [9.17, 15) is 9.18 Å². The number of aryl methyl sites for hydroxylation is 1. The summed E-state index contributed by atoms with van der Waals surface area (Å²) in [5, 5.41) is 8.67. The summed E-state index contributed by atoms with van der Waals surface area (Å²) in [6, 6.07) is 8.74. The molecule has 0 bridgehead atoms. The van der Waals surface area contributed by atoms with Gasteiger partial charge < -0.3 is 4.74 Å². The van der Waals surface area contributed by atoms with Gasteiger partial charge in [0.15, 0.2) is 0 Å². The maximum Gasteiger partial charge on any atom is 0.343 e. The molecule has 4 heteroatoms. The Kier molecular flexibility index (Phi) is 3.76. The van der Waals surface area contributed by atoms with Crippen LogP contribution in [0.3, 0.4) is 0 Å². The third-order valence-corrected chi connectivity index (χ3v) is 2.82. The number of esters is 1. The number of hydrogen-bond acceptors (Lipinski definition) is 3. The molecule has 0 aromatic heterocycles. The summed E-state index contributed by atoms with van der Waals surface area (Å²) in [6.45, 7) is 1.92. The lowest BCUT2D eigenvalue weighted by molar-refractivity contribution is 0.0633. The number of halogens is 1. The molecule has 1 aliphatic rings. The standard InChI is InChI=1S/C15H12FNO2/c1-10-2-4-11(5-3-10)15(18)19-13-7-6-12(9-17)14(16)8-13/h2-5,7-8,12H,6H2,1H3. The van der Waals surface area contributed by atoms with Gasteiger partial charge >= 0.3 is 5.97 Å². The van der Waals surface area contributed by atoms with E-state index in [-0.39, 0.29) is 12.2 Å². The van der Waals surface area contributed by atoms with E-state index in [0.717, 1.165) is 11.6 Å². The fraction of sp³-hybridized carbons (Fsp3) is 0.200. The summed E-state index contributed by atoms with van der Waals surface area (Å²) in [4.78, 5) is 11.8. The molecule has 96 valence electrons. The smallest absolute Gasteiger partial charge is 0.343 e. The van der Waals surface area contributed by atoms with Gasteiger partial charge in [-0.25, -0.2) is 9.18 Å². The van der Waals surface area contributed by atoms with Crippen LogP contribution in [0.5, 0.6) is 0 Å². The largest absolute Gasteiger partial charge is 0.423 e. The fourth-order valence-electron chi connectivity index (χ4n) is 1.68. The first-order chi connectivity index (χ1) is 9.10. The van der Waals surface area contributed by atoms with Crippen LogP contribution < -0.4 is 0 Å². The average Bonchev–Trinajstić information content (AvgIpc) is 2.39. The van der Waals surface area contributed by atoms with E-state index in [1.54, 1.807) is 30.3 Å². The molecule has 2 rings (SSSR count). The van der Waals surface area contributed by atoms with Crippen molar-refractivity contribution in [3.63, 3.8) is 0 Å². The molecule has 0 radical (unpaired) electrons. The Balaban J connectivity index is 2.07. The van der Waals surface area contributed by atoms with Crippen LogP contribution in [0.2, 0.25) is 0 Å². The van der Waals surface area contributed by atoms with Gasteiger partial charge in [0.05, 0.1) is 11.6 Å². The summed E-state index contributed by atoms with van der Waals surface area (Å²) in [6.07, 6.45) is 2.85. The van der Waals surface area contributed by atoms with Gasteiger partial charge in [0.25, 0.3) is 0 Å². The van der Waals surface area contributed by atoms with E-state index in [2.05, 4.69) is 0 Å². The minimum Gasteiger partial charge on any atom is -0.423 e. The summed E-state index contributed by atoms with van der Waals surface area (Å²) in [7, 11) is 0. The maximum atomic E-state index is 13.4. The average molecular weight is 257 g/mol. The quantitative estimate of drug-likeness (QED) is 0.762. The molecule has 0 amide bonds. The first kappa shape index (κ1) is 13.0. The molecular formula is C15H12FNO2. The third-order valence-electron chi connectivity index (χ3n) is 2.82. The number of hydrogen-bond donors (Lipinski definition) is 0. The van der Waals surface area contributed by atoms with Crippen LogP contribution in [0.15, 0.2) is 48.0 Å². The molecule has 0 fully saturated rings. The predicted molar refractivity (Wildman–Crippen MR) is 67.6 cm³/mol. The molecule has 1 aromatic carbocycles. The van der Waals surface area contributed by atoms with Gasteiger partial charge in [-0.3, -0.25) is 0 Å². The third kappa shape index (κ3) is 3.08. The summed E-state index contributed by atoms with van der Waals surface area (Å²) < 4.78 is 18.5. The lowest BCUT2D eigenvalue weighted by atomic mass is 10.0. The van der Waals surface area contributed by atoms with Gasteiger partial charge in [0, 0.05) is 6.08 Å². The number of nitriles is 1. The van der Waals surface area contributed by atoms with Gasteiger partial charge in [-0.2, -0.15) is 5.26 Å². The molecular weight excluding hydrogens is 245 g/mol. The predicted octanol–water partition coefficient (Wildman–Crippen LogP) is 3.43. The molecule has 3 nitrogen and oxygen atoms in total. The number of carbonyl (C=O) groups is 1. The first-order valence-corrected chi connectivity index (χ1v) is 5.86. The van der Waals surface area contributed by atoms with E-state index in [1.807, 2.05) is 13.0 Å². The number of carbonyl (C=O) groups excluding carboxylic acids is 1. The molecule has 0 saturated carbocycles. The van der Waals surface area contributed by atoms with Gasteiger partial charge in [-0.05, 0) is 31.6 Å². The van der Waals surface area contributed by atoms with Crippen LogP contribution in [0, 0.1) is 24.2 Å². The maximum absolute atomic E-state index is 13.4. The highest BCUT2D eigenvalue weighted by atomic mass is 19.1.